The van der Waals surface area contributed by atoms with Crippen molar-refractivity contribution < 1.29 is 4.74 Å². The molecule has 2 aliphatic rings. The summed E-state index contributed by atoms with van der Waals surface area (Å²) in [5.74, 6) is 0.972. The maximum absolute atomic E-state index is 5.41. The second-order valence-corrected chi connectivity index (χ2v) is 8.88. The third kappa shape index (κ3) is 11.3. The van der Waals surface area contributed by atoms with Gasteiger partial charge in [-0.15, -0.1) is 24.8 Å². The van der Waals surface area contributed by atoms with Gasteiger partial charge in [-0.3, -0.25) is 4.90 Å². The van der Waals surface area contributed by atoms with Gasteiger partial charge in [-0.25, -0.2) is 0 Å². The Morgan fingerprint density at radius 1 is 0.700 bits per heavy atom. The Morgan fingerprint density at radius 3 is 1.90 bits per heavy atom. The average molecular weight is 460 g/mol. The number of unbranched alkanes of at least 4 members (excludes halogenated alkanes) is 4. The van der Waals surface area contributed by atoms with E-state index in [-0.39, 0.29) is 24.8 Å². The van der Waals surface area contributed by atoms with E-state index in [4.69, 9.17) is 4.74 Å². The molecule has 0 spiro atoms. The van der Waals surface area contributed by atoms with Gasteiger partial charge in [0.25, 0.3) is 0 Å². The Balaban J connectivity index is 0.00000225. The first-order valence-corrected chi connectivity index (χ1v) is 12.0. The van der Waals surface area contributed by atoms with Crippen molar-refractivity contribution in [2.45, 2.75) is 64.2 Å². The number of hydrogen-bond donors (Lipinski definition) is 0. The smallest absolute Gasteiger partial charge is 0.0594 e. The maximum atomic E-state index is 5.41. The van der Waals surface area contributed by atoms with Crippen LogP contribution in [0.25, 0.3) is 0 Å². The maximum Gasteiger partial charge on any atom is 0.0594 e. The lowest BCUT2D eigenvalue weighted by Gasteiger charge is -2.32. The van der Waals surface area contributed by atoms with Gasteiger partial charge in [-0.2, -0.15) is 0 Å². The Kier molecular flexibility index (Phi) is 15.9. The number of hydrogen-bond acceptors (Lipinski definition) is 3. The molecule has 30 heavy (non-hydrogen) atoms. The van der Waals surface area contributed by atoms with E-state index in [0.29, 0.717) is 0 Å². The first-order valence-electron chi connectivity index (χ1n) is 12.0. The summed E-state index contributed by atoms with van der Waals surface area (Å²) in [5, 5.41) is 0. The molecule has 1 aromatic rings. The highest BCUT2D eigenvalue weighted by atomic mass is 35.5. The average Bonchev–Trinajstić information content (AvgIpc) is 2.76. The molecule has 0 radical (unpaired) electrons. The fourth-order valence-corrected chi connectivity index (χ4v) is 4.76. The fraction of sp³-hybridized carbons (Fsp3) is 0.760. The zero-order chi connectivity index (χ0) is 19.3. The number of piperidine rings is 1. The monoisotopic (exact) mass is 458 g/mol. The van der Waals surface area contributed by atoms with Gasteiger partial charge in [0.15, 0.2) is 0 Å². The molecule has 2 aliphatic heterocycles. The van der Waals surface area contributed by atoms with E-state index in [0.717, 1.165) is 32.2 Å². The normalized spacial score (nSPS) is 18.5. The van der Waals surface area contributed by atoms with Crippen molar-refractivity contribution in [1.29, 1.82) is 0 Å². The van der Waals surface area contributed by atoms with Gasteiger partial charge in [-0.1, -0.05) is 56.0 Å². The van der Waals surface area contributed by atoms with Crippen LogP contribution in [0.5, 0.6) is 0 Å². The van der Waals surface area contributed by atoms with Crippen molar-refractivity contribution in [3.8, 4) is 0 Å². The SMILES string of the molecule is Cl.Cl.c1ccc(CCCC2CCN(CCCCCCCN3CCOCC3)CC2)cc1. The van der Waals surface area contributed by atoms with Crippen molar-refractivity contribution in [3.63, 3.8) is 0 Å². The highest BCUT2D eigenvalue weighted by molar-refractivity contribution is 5.85. The summed E-state index contributed by atoms with van der Waals surface area (Å²) in [4.78, 5) is 5.29. The Bertz CT molecular complexity index is 503. The van der Waals surface area contributed by atoms with Crippen LogP contribution in [-0.4, -0.2) is 62.3 Å². The molecule has 0 atom stereocenters. The third-order valence-electron chi connectivity index (χ3n) is 6.68. The van der Waals surface area contributed by atoms with Crippen LogP contribution in [0.1, 0.15) is 63.4 Å². The topological polar surface area (TPSA) is 15.7 Å². The predicted octanol–water partition coefficient (Wildman–Crippen LogP) is 5.85. The van der Waals surface area contributed by atoms with E-state index in [1.165, 1.54) is 96.0 Å². The molecule has 0 amide bonds. The number of nitrogens with zero attached hydrogens (tertiary/aromatic N) is 2. The Morgan fingerprint density at radius 2 is 1.27 bits per heavy atom. The molecule has 5 heteroatoms. The van der Waals surface area contributed by atoms with E-state index in [1.807, 2.05) is 0 Å². The zero-order valence-corrected chi connectivity index (χ0v) is 20.4. The van der Waals surface area contributed by atoms with E-state index < -0.39 is 0 Å². The molecule has 0 unspecified atom stereocenters. The lowest BCUT2D eigenvalue weighted by Crippen LogP contribution is -2.36. The number of morpholine rings is 1. The van der Waals surface area contributed by atoms with Gasteiger partial charge in [-0.05, 0) is 76.2 Å². The van der Waals surface area contributed by atoms with Crippen LogP contribution in [-0.2, 0) is 11.2 Å². The predicted molar refractivity (Wildman–Crippen MR) is 133 cm³/mol. The van der Waals surface area contributed by atoms with E-state index in [1.54, 1.807) is 0 Å². The van der Waals surface area contributed by atoms with Crippen LogP contribution < -0.4 is 0 Å². The molecule has 0 aliphatic carbocycles. The zero-order valence-electron chi connectivity index (χ0n) is 18.8. The number of rotatable bonds is 12. The molecule has 2 fully saturated rings. The molecule has 0 N–H and O–H groups in total. The van der Waals surface area contributed by atoms with Crippen LogP contribution >= 0.6 is 24.8 Å². The third-order valence-corrected chi connectivity index (χ3v) is 6.68. The van der Waals surface area contributed by atoms with Crippen molar-refractivity contribution in [1.82, 2.24) is 9.80 Å². The molecule has 0 saturated carbocycles. The molecule has 0 aromatic heterocycles. The largest absolute Gasteiger partial charge is 0.379 e. The second-order valence-electron chi connectivity index (χ2n) is 8.88. The molecule has 174 valence electrons. The van der Waals surface area contributed by atoms with Gasteiger partial charge in [0.05, 0.1) is 13.2 Å². The number of aryl methyl sites for hydroxylation is 1. The summed E-state index contributed by atoms with van der Waals surface area (Å²) >= 11 is 0. The fourth-order valence-electron chi connectivity index (χ4n) is 4.76. The molecular formula is C25H44Cl2N2O. The number of halogens is 2. The minimum atomic E-state index is 0. The summed E-state index contributed by atoms with van der Waals surface area (Å²) in [7, 11) is 0. The van der Waals surface area contributed by atoms with E-state index in [9.17, 15) is 0 Å². The number of likely N-dealkylation sites (tertiary alicyclic amines) is 1. The Hall–Kier alpha value is -0.320. The minimum absolute atomic E-state index is 0. The highest BCUT2D eigenvalue weighted by Gasteiger charge is 2.18. The van der Waals surface area contributed by atoms with Crippen molar-refractivity contribution in [2.24, 2.45) is 5.92 Å². The van der Waals surface area contributed by atoms with Crippen molar-refractivity contribution in [3.05, 3.63) is 35.9 Å². The van der Waals surface area contributed by atoms with E-state index in [2.05, 4.69) is 40.1 Å². The lowest BCUT2D eigenvalue weighted by atomic mass is 9.90. The summed E-state index contributed by atoms with van der Waals surface area (Å²) in [5.41, 5.74) is 1.50. The van der Waals surface area contributed by atoms with Crippen LogP contribution in [0.2, 0.25) is 0 Å². The number of ether oxygens (including phenoxy) is 1. The first-order chi connectivity index (χ1) is 13.9. The first kappa shape index (κ1) is 27.7. The van der Waals surface area contributed by atoms with Gasteiger partial charge in [0, 0.05) is 13.1 Å². The molecule has 0 bridgehead atoms. The molecule has 1 aromatic carbocycles. The second kappa shape index (κ2) is 17.3. The molecule has 2 heterocycles. The van der Waals surface area contributed by atoms with Crippen LogP contribution in [0, 0.1) is 5.92 Å². The number of benzene rings is 1. The van der Waals surface area contributed by atoms with Crippen LogP contribution in [0.15, 0.2) is 30.3 Å². The van der Waals surface area contributed by atoms with Gasteiger partial charge in [0.2, 0.25) is 0 Å². The summed E-state index contributed by atoms with van der Waals surface area (Å²) < 4.78 is 5.41. The van der Waals surface area contributed by atoms with Crippen LogP contribution in [0.4, 0.5) is 0 Å². The summed E-state index contributed by atoms with van der Waals surface area (Å²) in [6.45, 7) is 9.44. The van der Waals surface area contributed by atoms with Gasteiger partial charge >= 0.3 is 0 Å². The summed E-state index contributed by atoms with van der Waals surface area (Å²) in [6, 6.07) is 11.0. The molecule has 3 rings (SSSR count). The lowest BCUT2D eigenvalue weighted by molar-refractivity contribution is 0.0371. The highest BCUT2D eigenvalue weighted by Crippen LogP contribution is 2.23. The van der Waals surface area contributed by atoms with Gasteiger partial charge < -0.3 is 9.64 Å². The van der Waals surface area contributed by atoms with Gasteiger partial charge in [0.1, 0.15) is 0 Å². The summed E-state index contributed by atoms with van der Waals surface area (Å²) in [6.07, 6.45) is 13.9. The van der Waals surface area contributed by atoms with Crippen LogP contribution in [0.3, 0.4) is 0 Å². The Labute approximate surface area is 197 Å². The van der Waals surface area contributed by atoms with Crippen molar-refractivity contribution >= 4 is 24.8 Å². The van der Waals surface area contributed by atoms with Crippen molar-refractivity contribution in [2.75, 3.05) is 52.5 Å². The molecule has 2 saturated heterocycles. The van der Waals surface area contributed by atoms with E-state index >= 15 is 0 Å². The molecule has 3 nitrogen and oxygen atoms in total. The standard InChI is InChI=1S/C25H42N2O.2ClH/c1(3-8-17-27-20-22-28-23-21-27)2-7-16-26-18-14-25(15-19-26)13-9-12-24-10-5-4-6-11-24;;/h4-6,10-11,25H,1-3,7-9,12-23H2;2*1H. The minimum Gasteiger partial charge on any atom is -0.379 e. The quantitative estimate of drug-likeness (QED) is 0.365. The molecular weight excluding hydrogens is 415 g/mol.